The molecule has 1 heterocycles. The van der Waals surface area contributed by atoms with Gasteiger partial charge in [0.15, 0.2) is 5.75 Å². The van der Waals surface area contributed by atoms with Crippen molar-refractivity contribution in [2.24, 2.45) is 5.92 Å². The van der Waals surface area contributed by atoms with Crippen molar-refractivity contribution in [1.82, 2.24) is 9.97 Å². The molecule has 4 nitrogen and oxygen atoms in total. The molecule has 0 N–H and O–H groups in total. The summed E-state index contributed by atoms with van der Waals surface area (Å²) in [5.41, 5.74) is 1.81. The highest BCUT2D eigenvalue weighted by Crippen LogP contribution is 2.34. The van der Waals surface area contributed by atoms with E-state index in [1.807, 2.05) is 18.2 Å². The molecule has 1 fully saturated rings. The molecule has 4 heteroatoms. The summed E-state index contributed by atoms with van der Waals surface area (Å²) < 4.78 is 12.3. The second kappa shape index (κ2) is 19.0. The standard InChI is InChI=1S/C33H52N2O2/c1-2-3-4-5-10-19-26-37-32-27-34-28-35-33(32)30-23-16-17-24-31(30)36-25-18-11-8-6-7-9-13-20-29-21-14-12-15-22-29/h16-17,23-24,27-29H,2-15,18-22,25-26H2,1H3. The Bertz CT molecular complexity index is 835. The highest BCUT2D eigenvalue weighted by atomic mass is 16.5. The van der Waals surface area contributed by atoms with Crippen molar-refractivity contribution in [3.8, 4) is 22.8 Å². The second-order valence-corrected chi connectivity index (χ2v) is 11.0. The Morgan fingerprint density at radius 2 is 1.32 bits per heavy atom. The largest absolute Gasteiger partial charge is 0.493 e. The molecular weight excluding hydrogens is 456 g/mol. The van der Waals surface area contributed by atoms with Crippen LogP contribution in [0.25, 0.3) is 11.3 Å². The third-order valence-corrected chi connectivity index (χ3v) is 7.82. The fourth-order valence-electron chi connectivity index (χ4n) is 5.55. The Balaban J connectivity index is 1.32. The Kier molecular flexibility index (Phi) is 15.2. The lowest BCUT2D eigenvalue weighted by atomic mass is 9.85. The van der Waals surface area contributed by atoms with Crippen molar-refractivity contribution in [2.75, 3.05) is 13.2 Å². The molecular formula is C33H52N2O2. The lowest BCUT2D eigenvalue weighted by Gasteiger charge is -2.21. The summed E-state index contributed by atoms with van der Waals surface area (Å²) in [7, 11) is 0. The van der Waals surface area contributed by atoms with Gasteiger partial charge in [-0.2, -0.15) is 0 Å². The average molecular weight is 509 g/mol. The van der Waals surface area contributed by atoms with Gasteiger partial charge in [0.1, 0.15) is 17.8 Å². The lowest BCUT2D eigenvalue weighted by molar-refractivity contribution is 0.299. The van der Waals surface area contributed by atoms with Crippen molar-refractivity contribution in [1.29, 1.82) is 0 Å². The van der Waals surface area contributed by atoms with Crippen LogP contribution in [0.4, 0.5) is 0 Å². The Labute approximate surface area is 227 Å². The van der Waals surface area contributed by atoms with E-state index in [9.17, 15) is 0 Å². The van der Waals surface area contributed by atoms with Crippen LogP contribution in [0, 0.1) is 5.92 Å². The minimum Gasteiger partial charge on any atom is -0.493 e. The van der Waals surface area contributed by atoms with Gasteiger partial charge in [0.2, 0.25) is 0 Å². The highest BCUT2D eigenvalue weighted by Gasteiger charge is 2.14. The highest BCUT2D eigenvalue weighted by molar-refractivity contribution is 5.71. The Hall–Kier alpha value is -2.10. The van der Waals surface area contributed by atoms with E-state index in [1.54, 1.807) is 12.5 Å². The zero-order chi connectivity index (χ0) is 25.8. The average Bonchev–Trinajstić information content (AvgIpc) is 2.94. The van der Waals surface area contributed by atoms with Crippen LogP contribution in [0.3, 0.4) is 0 Å². The van der Waals surface area contributed by atoms with Gasteiger partial charge in [0, 0.05) is 5.56 Å². The van der Waals surface area contributed by atoms with Crippen LogP contribution >= 0.6 is 0 Å². The number of aromatic nitrogens is 2. The van der Waals surface area contributed by atoms with E-state index in [0.717, 1.165) is 48.1 Å². The summed E-state index contributed by atoms with van der Waals surface area (Å²) in [6.45, 7) is 3.70. The van der Waals surface area contributed by atoms with E-state index >= 15 is 0 Å². The quantitative estimate of drug-likeness (QED) is 0.167. The minimum absolute atomic E-state index is 0.704. The van der Waals surface area contributed by atoms with Gasteiger partial charge in [-0.05, 0) is 30.9 Å². The first kappa shape index (κ1) is 29.5. The Morgan fingerprint density at radius 3 is 2.05 bits per heavy atom. The monoisotopic (exact) mass is 508 g/mol. The molecule has 2 aromatic rings. The number of para-hydroxylation sites is 1. The number of hydrogen-bond donors (Lipinski definition) is 0. The first-order valence-electron chi connectivity index (χ1n) is 15.5. The van der Waals surface area contributed by atoms with Gasteiger partial charge in [0.25, 0.3) is 0 Å². The molecule has 0 saturated heterocycles. The maximum absolute atomic E-state index is 6.22. The van der Waals surface area contributed by atoms with Gasteiger partial charge in [-0.15, -0.1) is 0 Å². The van der Waals surface area contributed by atoms with Crippen LogP contribution in [0.1, 0.15) is 129 Å². The summed E-state index contributed by atoms with van der Waals surface area (Å²) in [4.78, 5) is 8.76. The van der Waals surface area contributed by atoms with Gasteiger partial charge >= 0.3 is 0 Å². The number of hydrogen-bond acceptors (Lipinski definition) is 4. The summed E-state index contributed by atoms with van der Waals surface area (Å²) in [5, 5.41) is 0. The summed E-state index contributed by atoms with van der Waals surface area (Å²) in [6, 6.07) is 8.18. The number of ether oxygens (including phenoxy) is 2. The van der Waals surface area contributed by atoms with Gasteiger partial charge < -0.3 is 9.47 Å². The molecule has 1 aromatic heterocycles. The van der Waals surface area contributed by atoms with Crippen molar-refractivity contribution in [2.45, 2.75) is 129 Å². The fourth-order valence-corrected chi connectivity index (χ4v) is 5.55. The normalized spacial score (nSPS) is 14.1. The van der Waals surface area contributed by atoms with E-state index in [0.29, 0.717) is 6.61 Å². The van der Waals surface area contributed by atoms with Crippen molar-refractivity contribution >= 4 is 0 Å². The third kappa shape index (κ3) is 11.9. The van der Waals surface area contributed by atoms with Crippen LogP contribution in [0.2, 0.25) is 0 Å². The smallest absolute Gasteiger partial charge is 0.163 e. The maximum atomic E-state index is 6.22. The van der Waals surface area contributed by atoms with E-state index in [-0.39, 0.29) is 0 Å². The third-order valence-electron chi connectivity index (χ3n) is 7.82. The maximum Gasteiger partial charge on any atom is 0.163 e. The molecule has 0 spiro atoms. The van der Waals surface area contributed by atoms with Crippen LogP contribution in [0.15, 0.2) is 36.8 Å². The first-order chi connectivity index (χ1) is 18.4. The van der Waals surface area contributed by atoms with Gasteiger partial charge in [-0.3, -0.25) is 0 Å². The van der Waals surface area contributed by atoms with E-state index in [1.165, 1.54) is 109 Å². The van der Waals surface area contributed by atoms with Crippen LogP contribution in [-0.2, 0) is 0 Å². The number of benzene rings is 1. The first-order valence-corrected chi connectivity index (χ1v) is 15.5. The predicted octanol–water partition coefficient (Wildman–Crippen LogP) is 9.96. The topological polar surface area (TPSA) is 44.2 Å². The zero-order valence-corrected chi connectivity index (χ0v) is 23.6. The number of unbranched alkanes of at least 4 members (excludes halogenated alkanes) is 11. The van der Waals surface area contributed by atoms with Gasteiger partial charge in [-0.25, -0.2) is 9.97 Å². The molecule has 3 rings (SSSR count). The molecule has 0 amide bonds. The molecule has 1 saturated carbocycles. The molecule has 0 atom stereocenters. The molecule has 1 aliphatic carbocycles. The van der Waals surface area contributed by atoms with E-state index in [4.69, 9.17) is 9.47 Å². The van der Waals surface area contributed by atoms with Crippen molar-refractivity contribution < 1.29 is 9.47 Å². The molecule has 0 aliphatic heterocycles. The van der Waals surface area contributed by atoms with Crippen LogP contribution in [0.5, 0.6) is 11.5 Å². The van der Waals surface area contributed by atoms with Crippen LogP contribution < -0.4 is 9.47 Å². The van der Waals surface area contributed by atoms with Crippen LogP contribution in [-0.4, -0.2) is 23.2 Å². The van der Waals surface area contributed by atoms with Gasteiger partial charge in [0.05, 0.1) is 19.4 Å². The second-order valence-electron chi connectivity index (χ2n) is 11.0. The summed E-state index contributed by atoms with van der Waals surface area (Å²) in [6.07, 6.45) is 29.0. The fraction of sp³-hybridized carbons (Fsp3) is 0.697. The van der Waals surface area contributed by atoms with E-state index < -0.39 is 0 Å². The Morgan fingerprint density at radius 1 is 0.703 bits per heavy atom. The van der Waals surface area contributed by atoms with Crippen molar-refractivity contribution in [3.05, 3.63) is 36.8 Å². The number of nitrogens with zero attached hydrogens (tertiary/aromatic N) is 2. The SMILES string of the molecule is CCCCCCCCOc1cncnc1-c1ccccc1OCCCCCCCCCC1CCCCC1. The molecule has 1 aromatic carbocycles. The summed E-state index contributed by atoms with van der Waals surface area (Å²) in [5.74, 6) is 2.67. The van der Waals surface area contributed by atoms with Gasteiger partial charge in [-0.1, -0.05) is 128 Å². The zero-order valence-electron chi connectivity index (χ0n) is 23.6. The summed E-state index contributed by atoms with van der Waals surface area (Å²) >= 11 is 0. The molecule has 0 radical (unpaired) electrons. The minimum atomic E-state index is 0.704. The predicted molar refractivity (Wildman–Crippen MR) is 155 cm³/mol. The van der Waals surface area contributed by atoms with E-state index in [2.05, 4.69) is 23.0 Å². The molecule has 0 bridgehead atoms. The lowest BCUT2D eigenvalue weighted by Crippen LogP contribution is -2.05. The molecule has 37 heavy (non-hydrogen) atoms. The van der Waals surface area contributed by atoms with Crippen molar-refractivity contribution in [3.63, 3.8) is 0 Å². The molecule has 1 aliphatic rings. The molecule has 0 unspecified atom stereocenters. The molecule has 206 valence electrons. The number of rotatable bonds is 20.